The predicted molar refractivity (Wildman–Crippen MR) is 103 cm³/mol. The van der Waals surface area contributed by atoms with E-state index in [4.69, 9.17) is 0 Å². The lowest BCUT2D eigenvalue weighted by Crippen LogP contribution is -2.45. The second kappa shape index (κ2) is 8.59. The van der Waals surface area contributed by atoms with E-state index in [2.05, 4.69) is 16.4 Å². The summed E-state index contributed by atoms with van der Waals surface area (Å²) in [6.45, 7) is 1.11. The predicted octanol–water partition coefficient (Wildman–Crippen LogP) is 2.30. The molecule has 7 nitrogen and oxygen atoms in total. The van der Waals surface area contributed by atoms with E-state index < -0.39 is 15.6 Å². The average Bonchev–Trinajstić information content (AvgIpc) is 3.16. The molecule has 1 saturated carbocycles. The molecule has 2 fully saturated rings. The van der Waals surface area contributed by atoms with E-state index in [-0.39, 0.29) is 16.6 Å². The van der Waals surface area contributed by atoms with Crippen LogP contribution in [0.2, 0.25) is 0 Å². The number of aromatic nitrogens is 1. The molecule has 0 spiro atoms. The van der Waals surface area contributed by atoms with Gasteiger partial charge in [-0.1, -0.05) is 18.2 Å². The van der Waals surface area contributed by atoms with Gasteiger partial charge in [0, 0.05) is 19.3 Å². The summed E-state index contributed by atoms with van der Waals surface area (Å²) in [5.74, 6) is -0.0514. The Morgan fingerprint density at radius 2 is 1.93 bits per heavy atom. The lowest BCUT2D eigenvalue weighted by atomic mass is 10.0. The molecule has 2 aliphatic rings. The van der Waals surface area contributed by atoms with Crippen LogP contribution in [-0.4, -0.2) is 48.0 Å². The number of rotatable bonds is 6. The summed E-state index contributed by atoms with van der Waals surface area (Å²) >= 11 is 1.24. The van der Waals surface area contributed by atoms with Crippen LogP contribution in [-0.2, 0) is 14.8 Å². The minimum absolute atomic E-state index is 0.147. The second-order valence-electron chi connectivity index (χ2n) is 7.03. The largest absolute Gasteiger partial charge is 0.337 e. The molecule has 27 heavy (non-hydrogen) atoms. The van der Waals surface area contributed by atoms with Crippen LogP contribution in [0.5, 0.6) is 0 Å². The van der Waals surface area contributed by atoms with Gasteiger partial charge in [-0.05, 0) is 50.7 Å². The van der Waals surface area contributed by atoms with Crippen molar-refractivity contribution in [2.45, 2.75) is 60.4 Å². The van der Waals surface area contributed by atoms with Gasteiger partial charge in [0.05, 0.1) is 16.8 Å². The quantitative estimate of drug-likeness (QED) is 0.725. The van der Waals surface area contributed by atoms with Crippen LogP contribution in [0, 0.1) is 11.3 Å². The lowest BCUT2D eigenvalue weighted by Gasteiger charge is -2.25. The number of amides is 1. The maximum absolute atomic E-state index is 12.6. The van der Waals surface area contributed by atoms with Crippen LogP contribution in [0.4, 0.5) is 0 Å². The Bertz CT molecular complexity index is 806. The van der Waals surface area contributed by atoms with Crippen molar-refractivity contribution in [1.29, 1.82) is 5.26 Å². The van der Waals surface area contributed by atoms with Crippen molar-refractivity contribution in [2.24, 2.45) is 0 Å². The maximum Gasteiger partial charge on any atom is 0.244 e. The van der Waals surface area contributed by atoms with Crippen molar-refractivity contribution in [1.82, 2.24) is 14.6 Å². The fourth-order valence-electron chi connectivity index (χ4n) is 3.54. The molecule has 1 aliphatic carbocycles. The van der Waals surface area contributed by atoms with Gasteiger partial charge >= 0.3 is 0 Å². The van der Waals surface area contributed by atoms with Crippen molar-refractivity contribution in [2.75, 3.05) is 18.8 Å². The van der Waals surface area contributed by atoms with E-state index in [0.29, 0.717) is 31.0 Å². The van der Waals surface area contributed by atoms with E-state index in [0.717, 1.165) is 32.1 Å². The molecule has 0 bridgehead atoms. The van der Waals surface area contributed by atoms with Gasteiger partial charge in [-0.15, -0.1) is 0 Å². The number of hydrogen-bond donors (Lipinski definition) is 1. The van der Waals surface area contributed by atoms with Crippen molar-refractivity contribution >= 4 is 27.7 Å². The minimum Gasteiger partial charge on any atom is -0.337 e. The third-order valence-electron chi connectivity index (χ3n) is 5.06. The maximum atomic E-state index is 12.6. The molecule has 146 valence electrons. The van der Waals surface area contributed by atoms with Gasteiger partial charge < -0.3 is 5.32 Å². The first-order valence-corrected chi connectivity index (χ1v) is 11.7. The van der Waals surface area contributed by atoms with Crippen LogP contribution in [0.15, 0.2) is 28.3 Å². The Morgan fingerprint density at radius 3 is 2.52 bits per heavy atom. The summed E-state index contributed by atoms with van der Waals surface area (Å²) in [4.78, 5) is 16.5. The Balaban J connectivity index is 1.56. The third-order valence-corrected chi connectivity index (χ3v) is 7.89. The molecule has 1 aliphatic heterocycles. The number of thioether (sulfide) groups is 1. The van der Waals surface area contributed by atoms with Gasteiger partial charge in [0.15, 0.2) is 0 Å². The highest BCUT2D eigenvalue weighted by Gasteiger charge is 2.35. The Labute approximate surface area is 164 Å². The van der Waals surface area contributed by atoms with Gasteiger partial charge in [0.2, 0.25) is 15.9 Å². The first kappa shape index (κ1) is 20.1. The summed E-state index contributed by atoms with van der Waals surface area (Å²) in [5.41, 5.74) is -0.725. The highest BCUT2D eigenvalue weighted by atomic mass is 32.2. The molecule has 1 amide bonds. The van der Waals surface area contributed by atoms with E-state index in [1.54, 1.807) is 12.1 Å². The molecular weight excluding hydrogens is 384 g/mol. The van der Waals surface area contributed by atoms with Crippen LogP contribution >= 0.6 is 11.8 Å². The summed E-state index contributed by atoms with van der Waals surface area (Å²) in [5, 5.41) is 12.7. The molecule has 0 radical (unpaired) electrons. The fourth-order valence-corrected chi connectivity index (χ4v) is 5.65. The van der Waals surface area contributed by atoms with Crippen LogP contribution < -0.4 is 5.32 Å². The SMILES string of the molecule is N#CC1(NC(=O)CSc2ccc(S(=O)(=O)N3CCCCC3)cn2)CCCC1. The van der Waals surface area contributed by atoms with Gasteiger partial charge in [0.1, 0.15) is 10.4 Å². The fraction of sp³-hybridized carbons (Fsp3) is 0.611. The van der Waals surface area contributed by atoms with Crippen molar-refractivity contribution < 1.29 is 13.2 Å². The molecule has 2 heterocycles. The first-order valence-electron chi connectivity index (χ1n) is 9.26. The van der Waals surface area contributed by atoms with Crippen molar-refractivity contribution in [3.63, 3.8) is 0 Å². The summed E-state index contributed by atoms with van der Waals surface area (Å²) < 4.78 is 26.7. The lowest BCUT2D eigenvalue weighted by molar-refractivity contribution is -0.119. The summed E-state index contributed by atoms with van der Waals surface area (Å²) in [6, 6.07) is 5.41. The topological polar surface area (TPSA) is 103 Å². The van der Waals surface area contributed by atoms with Crippen molar-refractivity contribution in [3.05, 3.63) is 18.3 Å². The summed E-state index contributed by atoms with van der Waals surface area (Å²) in [6.07, 6.45) is 7.50. The standard InChI is InChI=1S/C18H24N4O3S2/c19-14-18(8-2-3-9-18)21-16(23)13-26-17-7-6-15(12-20-17)27(24,25)22-10-4-1-5-11-22/h6-7,12H,1-5,8-11,13H2,(H,21,23). The zero-order chi connectivity index (χ0) is 19.3. The highest BCUT2D eigenvalue weighted by molar-refractivity contribution is 7.99. The minimum atomic E-state index is -3.49. The molecule has 0 atom stereocenters. The van der Waals surface area contributed by atoms with Crippen LogP contribution in [0.1, 0.15) is 44.9 Å². The normalized spacial score (nSPS) is 20.1. The number of piperidine rings is 1. The smallest absolute Gasteiger partial charge is 0.244 e. The molecule has 1 saturated heterocycles. The number of nitrogens with zero attached hydrogens (tertiary/aromatic N) is 3. The molecular formula is C18H24N4O3S2. The van der Waals surface area contributed by atoms with Gasteiger partial charge in [0.25, 0.3) is 0 Å². The van der Waals surface area contributed by atoms with Crippen LogP contribution in [0.3, 0.4) is 0 Å². The number of carbonyl (C=O) groups is 1. The molecule has 1 aromatic heterocycles. The number of sulfonamides is 1. The van der Waals surface area contributed by atoms with Gasteiger partial charge in [-0.25, -0.2) is 13.4 Å². The van der Waals surface area contributed by atoms with Crippen molar-refractivity contribution in [3.8, 4) is 6.07 Å². The Kier molecular flexibility index (Phi) is 6.40. The second-order valence-corrected chi connectivity index (χ2v) is 9.97. The van der Waals surface area contributed by atoms with E-state index >= 15 is 0 Å². The molecule has 3 rings (SSSR count). The monoisotopic (exact) mass is 408 g/mol. The number of pyridine rings is 1. The Hall–Kier alpha value is -1.63. The zero-order valence-electron chi connectivity index (χ0n) is 15.2. The molecule has 9 heteroatoms. The Morgan fingerprint density at radius 1 is 1.22 bits per heavy atom. The van der Waals surface area contributed by atoms with Crippen LogP contribution in [0.25, 0.3) is 0 Å². The zero-order valence-corrected chi connectivity index (χ0v) is 16.8. The third kappa shape index (κ3) is 4.81. The van der Waals surface area contributed by atoms with E-state index in [1.807, 2.05) is 0 Å². The molecule has 0 unspecified atom stereocenters. The number of hydrogen-bond acceptors (Lipinski definition) is 6. The molecule has 1 N–H and O–H groups in total. The molecule has 0 aromatic carbocycles. The van der Waals surface area contributed by atoms with Gasteiger partial charge in [-0.3, -0.25) is 4.79 Å². The van der Waals surface area contributed by atoms with E-state index in [1.165, 1.54) is 22.3 Å². The highest BCUT2D eigenvalue weighted by Crippen LogP contribution is 2.29. The first-order chi connectivity index (χ1) is 13.0. The number of nitrogens with one attached hydrogen (secondary N) is 1. The number of nitriles is 1. The number of carbonyl (C=O) groups excluding carboxylic acids is 1. The van der Waals surface area contributed by atoms with Gasteiger partial charge in [-0.2, -0.15) is 9.57 Å². The average molecular weight is 409 g/mol. The van der Waals surface area contributed by atoms with E-state index in [9.17, 15) is 18.5 Å². The molecule has 1 aromatic rings. The summed E-state index contributed by atoms with van der Waals surface area (Å²) in [7, 11) is -3.49.